The Kier molecular flexibility index (Phi) is 3.30. The molecule has 0 saturated carbocycles. The molecule has 1 aromatic heterocycles. The number of benzene rings is 1. The Bertz CT molecular complexity index is 617. The van der Waals surface area contributed by atoms with E-state index in [4.69, 9.17) is 0 Å². The second kappa shape index (κ2) is 4.98. The van der Waals surface area contributed by atoms with Crippen LogP contribution in [-0.4, -0.2) is 27.8 Å². The van der Waals surface area contributed by atoms with Crippen LogP contribution in [0.3, 0.4) is 0 Å². The summed E-state index contributed by atoms with van der Waals surface area (Å²) in [6.07, 6.45) is 3.84. The van der Waals surface area contributed by atoms with E-state index in [0.717, 1.165) is 24.7 Å². The van der Waals surface area contributed by atoms with E-state index in [1.54, 1.807) is 0 Å². The molecule has 0 bridgehead atoms. The number of likely N-dealkylation sites (tertiary alicyclic amines) is 1. The molecule has 1 aliphatic heterocycles. The number of hydrogen-bond acceptors (Lipinski definition) is 2. The van der Waals surface area contributed by atoms with Gasteiger partial charge in [-0.3, -0.25) is 9.58 Å². The maximum atomic E-state index is 13.8. The number of rotatable bonds is 3. The maximum Gasteiger partial charge on any atom is 0.128 e. The Labute approximate surface area is 116 Å². The zero-order chi connectivity index (χ0) is 14.3. The summed E-state index contributed by atoms with van der Waals surface area (Å²) in [5, 5.41) is 4.29. The number of hydrogen-bond donors (Lipinski definition) is 0. The van der Waals surface area contributed by atoms with Crippen molar-refractivity contribution < 1.29 is 8.78 Å². The quantitative estimate of drug-likeness (QED) is 0.859. The van der Waals surface area contributed by atoms with Gasteiger partial charge < -0.3 is 0 Å². The predicted octanol–water partition coefficient (Wildman–Crippen LogP) is 3.09. The molecule has 0 amide bonds. The second-order valence-electron chi connectivity index (χ2n) is 5.45. The monoisotopic (exact) mass is 277 g/mol. The summed E-state index contributed by atoms with van der Waals surface area (Å²) in [4.78, 5) is 2.12. The van der Waals surface area contributed by atoms with Crippen LogP contribution in [0.2, 0.25) is 0 Å². The summed E-state index contributed by atoms with van der Waals surface area (Å²) in [6.45, 7) is 5.52. The molecule has 0 aliphatic carbocycles. The van der Waals surface area contributed by atoms with E-state index in [9.17, 15) is 8.78 Å². The van der Waals surface area contributed by atoms with Crippen molar-refractivity contribution in [2.24, 2.45) is 0 Å². The average molecular weight is 277 g/mol. The third-order valence-electron chi connectivity index (χ3n) is 3.95. The van der Waals surface area contributed by atoms with Gasteiger partial charge in [-0.2, -0.15) is 5.10 Å². The molecule has 2 heterocycles. The fourth-order valence-electron chi connectivity index (χ4n) is 2.64. The summed E-state index contributed by atoms with van der Waals surface area (Å²) < 4.78 is 28.9. The van der Waals surface area contributed by atoms with Crippen LogP contribution in [0.15, 0.2) is 30.6 Å². The van der Waals surface area contributed by atoms with Crippen LogP contribution in [0.1, 0.15) is 30.1 Å². The number of aromatic nitrogens is 2. The molecular formula is C15H17F2N3. The van der Waals surface area contributed by atoms with Gasteiger partial charge in [0.2, 0.25) is 0 Å². The first kappa shape index (κ1) is 13.2. The second-order valence-corrected chi connectivity index (χ2v) is 5.45. The number of halogens is 2. The number of nitrogens with zero attached hydrogens (tertiary/aromatic N) is 3. The van der Waals surface area contributed by atoms with Gasteiger partial charge in [-0.1, -0.05) is 0 Å². The topological polar surface area (TPSA) is 21.1 Å². The largest absolute Gasteiger partial charge is 0.292 e. The Morgan fingerprint density at radius 1 is 1.30 bits per heavy atom. The summed E-state index contributed by atoms with van der Waals surface area (Å²) in [5.41, 5.74) is 1.55. The lowest BCUT2D eigenvalue weighted by Gasteiger charge is -2.43. The SMILES string of the molecule is Cc1cnn(C2CN(C(C)c3cc(F)ccc3F)C2)c1. The number of aryl methyl sites for hydroxylation is 1. The van der Waals surface area contributed by atoms with Gasteiger partial charge >= 0.3 is 0 Å². The third kappa shape index (κ3) is 2.33. The minimum atomic E-state index is -0.395. The van der Waals surface area contributed by atoms with E-state index in [1.165, 1.54) is 12.1 Å². The van der Waals surface area contributed by atoms with Gasteiger partial charge in [0.25, 0.3) is 0 Å². The van der Waals surface area contributed by atoms with Crippen molar-refractivity contribution >= 4 is 0 Å². The van der Waals surface area contributed by atoms with Crippen molar-refractivity contribution in [1.82, 2.24) is 14.7 Å². The maximum absolute atomic E-state index is 13.8. The highest BCUT2D eigenvalue weighted by molar-refractivity contribution is 5.22. The average Bonchev–Trinajstić information content (AvgIpc) is 2.77. The van der Waals surface area contributed by atoms with E-state index in [-0.39, 0.29) is 11.9 Å². The van der Waals surface area contributed by atoms with Gasteiger partial charge in [0, 0.05) is 30.9 Å². The van der Waals surface area contributed by atoms with Gasteiger partial charge in [-0.25, -0.2) is 8.78 Å². The van der Waals surface area contributed by atoms with Crippen LogP contribution < -0.4 is 0 Å². The minimum absolute atomic E-state index is 0.126. The van der Waals surface area contributed by atoms with Crippen molar-refractivity contribution in [2.75, 3.05) is 13.1 Å². The fraction of sp³-hybridized carbons (Fsp3) is 0.400. The lowest BCUT2D eigenvalue weighted by Crippen LogP contribution is -2.48. The van der Waals surface area contributed by atoms with Gasteiger partial charge in [-0.05, 0) is 37.6 Å². The van der Waals surface area contributed by atoms with Crippen LogP contribution in [-0.2, 0) is 0 Å². The van der Waals surface area contributed by atoms with Crippen molar-refractivity contribution in [3.8, 4) is 0 Å². The smallest absolute Gasteiger partial charge is 0.128 e. The molecule has 0 spiro atoms. The normalized spacial score (nSPS) is 18.0. The standard InChI is InChI=1S/C15H17F2N3/c1-10-6-18-20(7-10)13-8-19(9-13)11(2)14-5-12(16)3-4-15(14)17/h3-7,11,13H,8-9H2,1-2H3. The molecule has 5 heteroatoms. The van der Waals surface area contributed by atoms with Crippen molar-refractivity contribution in [1.29, 1.82) is 0 Å². The molecule has 1 unspecified atom stereocenters. The van der Waals surface area contributed by atoms with Crippen LogP contribution >= 0.6 is 0 Å². The predicted molar refractivity (Wildman–Crippen MR) is 72.3 cm³/mol. The molecule has 1 fully saturated rings. The molecule has 0 radical (unpaired) electrons. The van der Waals surface area contributed by atoms with E-state index < -0.39 is 5.82 Å². The highest BCUT2D eigenvalue weighted by atomic mass is 19.1. The van der Waals surface area contributed by atoms with Crippen LogP contribution in [0.5, 0.6) is 0 Å². The first-order valence-electron chi connectivity index (χ1n) is 6.74. The molecule has 0 N–H and O–H groups in total. The first-order chi connectivity index (χ1) is 9.54. The van der Waals surface area contributed by atoms with Gasteiger partial charge in [0.1, 0.15) is 11.6 Å². The Morgan fingerprint density at radius 2 is 2.05 bits per heavy atom. The Hall–Kier alpha value is -1.75. The molecule has 1 saturated heterocycles. The molecular weight excluding hydrogens is 260 g/mol. The van der Waals surface area contributed by atoms with Crippen molar-refractivity contribution in [2.45, 2.75) is 25.9 Å². The van der Waals surface area contributed by atoms with Crippen molar-refractivity contribution in [3.63, 3.8) is 0 Å². The van der Waals surface area contributed by atoms with E-state index in [0.29, 0.717) is 11.6 Å². The fourth-order valence-corrected chi connectivity index (χ4v) is 2.64. The highest BCUT2D eigenvalue weighted by Crippen LogP contribution is 2.32. The molecule has 3 rings (SSSR count). The van der Waals surface area contributed by atoms with Crippen LogP contribution in [0.25, 0.3) is 0 Å². The van der Waals surface area contributed by atoms with Crippen molar-refractivity contribution in [3.05, 3.63) is 53.4 Å². The minimum Gasteiger partial charge on any atom is -0.292 e. The molecule has 20 heavy (non-hydrogen) atoms. The summed E-state index contributed by atoms with van der Waals surface area (Å²) >= 11 is 0. The molecule has 1 aromatic carbocycles. The lowest BCUT2D eigenvalue weighted by atomic mass is 10.00. The molecule has 2 aromatic rings. The summed E-state index contributed by atoms with van der Waals surface area (Å²) in [5.74, 6) is -0.745. The van der Waals surface area contributed by atoms with Crippen LogP contribution in [0.4, 0.5) is 8.78 Å². The van der Waals surface area contributed by atoms with Crippen LogP contribution in [0, 0.1) is 18.6 Å². The van der Waals surface area contributed by atoms with E-state index in [2.05, 4.69) is 10.00 Å². The summed E-state index contributed by atoms with van der Waals surface area (Å²) in [7, 11) is 0. The van der Waals surface area contributed by atoms with E-state index in [1.807, 2.05) is 30.9 Å². The Balaban J connectivity index is 1.68. The van der Waals surface area contributed by atoms with Gasteiger partial charge in [0.15, 0.2) is 0 Å². The zero-order valence-electron chi connectivity index (χ0n) is 11.6. The van der Waals surface area contributed by atoms with Gasteiger partial charge in [-0.15, -0.1) is 0 Å². The van der Waals surface area contributed by atoms with Gasteiger partial charge in [0.05, 0.1) is 12.2 Å². The molecule has 1 atom stereocenters. The Morgan fingerprint density at radius 3 is 2.70 bits per heavy atom. The molecule has 3 nitrogen and oxygen atoms in total. The summed E-state index contributed by atoms with van der Waals surface area (Å²) in [6, 6.07) is 3.82. The lowest BCUT2D eigenvalue weighted by molar-refractivity contribution is 0.0580. The molecule has 106 valence electrons. The highest BCUT2D eigenvalue weighted by Gasteiger charge is 2.33. The van der Waals surface area contributed by atoms with E-state index >= 15 is 0 Å². The molecule has 1 aliphatic rings. The zero-order valence-corrected chi connectivity index (χ0v) is 11.6. The third-order valence-corrected chi connectivity index (χ3v) is 3.95. The first-order valence-corrected chi connectivity index (χ1v) is 6.74.